The van der Waals surface area contributed by atoms with E-state index in [4.69, 9.17) is 0 Å². The summed E-state index contributed by atoms with van der Waals surface area (Å²) in [5, 5.41) is 15.1. The van der Waals surface area contributed by atoms with E-state index in [2.05, 4.69) is 5.32 Å². The van der Waals surface area contributed by atoms with Gasteiger partial charge in [-0.3, -0.25) is 4.79 Å². The topological polar surface area (TPSA) is 88.4 Å². The number of fused-ring (bicyclic) bond motifs is 1. The maximum Gasteiger partial charge on any atom is 0.337 e. The fourth-order valence-corrected chi connectivity index (χ4v) is 5.29. The molecule has 0 bridgehead atoms. The van der Waals surface area contributed by atoms with Crippen LogP contribution in [0.15, 0.2) is 71.5 Å². The average molecular weight is 489 g/mol. The molecule has 1 atom stereocenters. The fraction of sp³-hybridized carbons (Fsp3) is 0.214. The Kier molecular flexibility index (Phi) is 6.44. The lowest BCUT2D eigenvalue weighted by molar-refractivity contribution is 0.0698. The molecule has 4 rings (SSSR count). The number of carboxylic acids is 1. The number of anilines is 1. The van der Waals surface area contributed by atoms with E-state index >= 15 is 0 Å². The third-order valence-corrected chi connectivity index (χ3v) is 7.86. The number of aromatic carboxylic acids is 1. The van der Waals surface area contributed by atoms with Gasteiger partial charge in [0.1, 0.15) is 7.14 Å². The average Bonchev–Trinajstić information content (AvgIpc) is 2.81. The van der Waals surface area contributed by atoms with Crippen molar-refractivity contribution >= 4 is 34.9 Å². The standard InChI is InChI=1S/C28H29N2O4P/c1-17-14-22(18(2)29-25-9-7-6-8-21(25)28(32)33)23-16-26(30(3)27(31)24(23)15-17)19-10-12-20(13-11-19)35(4,5)34/h6-16,18,29H,1-5H3,(H,32,33). The zero-order valence-electron chi connectivity index (χ0n) is 20.5. The first kappa shape index (κ1) is 24.5. The van der Waals surface area contributed by atoms with Gasteiger partial charge in [-0.05, 0) is 73.5 Å². The number of para-hydroxylation sites is 1. The fourth-order valence-electron chi connectivity index (χ4n) is 4.42. The Morgan fingerprint density at radius 1 is 1.00 bits per heavy atom. The van der Waals surface area contributed by atoms with Crippen molar-refractivity contribution in [2.75, 3.05) is 18.6 Å². The van der Waals surface area contributed by atoms with Gasteiger partial charge in [-0.15, -0.1) is 0 Å². The summed E-state index contributed by atoms with van der Waals surface area (Å²) in [5.41, 5.74) is 4.06. The molecule has 3 aromatic carbocycles. The van der Waals surface area contributed by atoms with Gasteiger partial charge in [0.2, 0.25) is 0 Å². The van der Waals surface area contributed by atoms with Crippen molar-refractivity contribution < 1.29 is 14.5 Å². The number of hydrogen-bond acceptors (Lipinski definition) is 4. The van der Waals surface area contributed by atoms with Gasteiger partial charge in [-0.1, -0.05) is 42.5 Å². The molecule has 2 N–H and O–H groups in total. The number of nitrogens with one attached hydrogen (secondary N) is 1. The van der Waals surface area contributed by atoms with Gasteiger partial charge in [0.05, 0.1) is 11.3 Å². The Bertz CT molecular complexity index is 1550. The van der Waals surface area contributed by atoms with Crippen LogP contribution in [-0.2, 0) is 11.6 Å². The summed E-state index contributed by atoms with van der Waals surface area (Å²) in [4.78, 5) is 25.1. The van der Waals surface area contributed by atoms with Gasteiger partial charge in [0.15, 0.2) is 0 Å². The van der Waals surface area contributed by atoms with Crippen molar-refractivity contribution in [2.45, 2.75) is 19.9 Å². The Morgan fingerprint density at radius 2 is 1.66 bits per heavy atom. The number of carbonyl (C=O) groups is 1. The molecular formula is C28H29N2O4P. The van der Waals surface area contributed by atoms with Crippen LogP contribution < -0.4 is 16.2 Å². The molecule has 0 aliphatic rings. The van der Waals surface area contributed by atoms with Crippen LogP contribution in [0.1, 0.15) is 34.5 Å². The molecule has 0 amide bonds. The predicted octanol–water partition coefficient (Wildman–Crippen LogP) is 5.63. The third-order valence-electron chi connectivity index (χ3n) is 6.31. The summed E-state index contributed by atoms with van der Waals surface area (Å²) in [6.45, 7) is 7.37. The Morgan fingerprint density at radius 3 is 2.29 bits per heavy atom. The molecule has 1 unspecified atom stereocenters. The number of benzene rings is 3. The number of carboxylic acid groups (broad SMARTS) is 1. The Hall–Kier alpha value is -3.63. The number of aryl methyl sites for hydroxylation is 1. The molecule has 0 spiro atoms. The maximum atomic E-state index is 13.4. The van der Waals surface area contributed by atoms with Crippen molar-refractivity contribution in [1.82, 2.24) is 4.57 Å². The van der Waals surface area contributed by atoms with Gasteiger partial charge in [-0.2, -0.15) is 0 Å². The summed E-state index contributed by atoms with van der Waals surface area (Å²) >= 11 is 0. The minimum atomic E-state index is -2.38. The second-order valence-electron chi connectivity index (χ2n) is 9.32. The van der Waals surface area contributed by atoms with Crippen LogP contribution in [0.4, 0.5) is 5.69 Å². The molecule has 1 heterocycles. The lowest BCUT2D eigenvalue weighted by atomic mass is 9.95. The quantitative estimate of drug-likeness (QED) is 0.343. The second kappa shape index (κ2) is 9.20. The molecule has 4 aromatic rings. The lowest BCUT2D eigenvalue weighted by Gasteiger charge is -2.21. The first-order chi connectivity index (χ1) is 16.5. The number of pyridine rings is 1. The van der Waals surface area contributed by atoms with Crippen molar-refractivity contribution in [3.63, 3.8) is 0 Å². The Labute approximate surface area is 204 Å². The summed E-state index contributed by atoms with van der Waals surface area (Å²) in [6.07, 6.45) is 0. The van der Waals surface area contributed by atoms with E-state index in [1.54, 1.807) is 49.2 Å². The molecule has 35 heavy (non-hydrogen) atoms. The molecule has 180 valence electrons. The lowest BCUT2D eigenvalue weighted by Crippen LogP contribution is -2.20. The van der Waals surface area contributed by atoms with Crippen molar-refractivity contribution in [2.24, 2.45) is 7.05 Å². The molecule has 0 saturated carbocycles. The summed E-state index contributed by atoms with van der Waals surface area (Å²) in [6, 6.07) is 19.9. The van der Waals surface area contributed by atoms with Gasteiger partial charge in [-0.25, -0.2) is 4.79 Å². The third kappa shape index (κ3) is 4.80. The minimum absolute atomic E-state index is 0.110. The number of aromatic nitrogens is 1. The summed E-state index contributed by atoms with van der Waals surface area (Å²) in [5.74, 6) is -1.00. The van der Waals surface area contributed by atoms with E-state index in [-0.39, 0.29) is 17.2 Å². The monoisotopic (exact) mass is 488 g/mol. The number of nitrogens with zero attached hydrogens (tertiary/aromatic N) is 1. The highest BCUT2D eigenvalue weighted by molar-refractivity contribution is 7.70. The van der Waals surface area contributed by atoms with Crippen LogP contribution in [0, 0.1) is 6.92 Å². The molecule has 0 saturated heterocycles. The van der Waals surface area contributed by atoms with Crippen LogP contribution >= 0.6 is 7.14 Å². The largest absolute Gasteiger partial charge is 0.478 e. The molecule has 0 aliphatic carbocycles. The molecule has 0 aliphatic heterocycles. The number of hydrogen-bond donors (Lipinski definition) is 2. The first-order valence-corrected chi connectivity index (χ1v) is 14.0. The van der Waals surface area contributed by atoms with Crippen molar-refractivity contribution in [1.29, 1.82) is 0 Å². The van der Waals surface area contributed by atoms with Crippen LogP contribution in [0.25, 0.3) is 22.0 Å². The van der Waals surface area contributed by atoms with E-state index in [1.807, 2.05) is 56.3 Å². The van der Waals surface area contributed by atoms with Gasteiger partial charge >= 0.3 is 5.97 Å². The van der Waals surface area contributed by atoms with Gasteiger partial charge < -0.3 is 19.6 Å². The van der Waals surface area contributed by atoms with E-state index in [1.165, 1.54) is 0 Å². The second-order valence-corrected chi connectivity index (χ2v) is 12.5. The van der Waals surface area contributed by atoms with E-state index < -0.39 is 13.1 Å². The van der Waals surface area contributed by atoms with Crippen LogP contribution in [0.2, 0.25) is 0 Å². The van der Waals surface area contributed by atoms with Crippen LogP contribution in [0.3, 0.4) is 0 Å². The van der Waals surface area contributed by atoms with Crippen LogP contribution in [0.5, 0.6) is 0 Å². The SMILES string of the molecule is Cc1cc(C(C)Nc2ccccc2C(=O)O)c2cc(-c3ccc(P(C)(C)=O)cc3)n(C)c(=O)c2c1. The molecule has 0 fully saturated rings. The van der Waals surface area contributed by atoms with E-state index in [0.717, 1.165) is 33.1 Å². The van der Waals surface area contributed by atoms with E-state index in [9.17, 15) is 19.3 Å². The zero-order chi connectivity index (χ0) is 25.5. The van der Waals surface area contributed by atoms with Gasteiger partial charge in [0.25, 0.3) is 5.56 Å². The molecular weight excluding hydrogens is 459 g/mol. The highest BCUT2D eigenvalue weighted by Gasteiger charge is 2.18. The molecule has 1 aromatic heterocycles. The summed E-state index contributed by atoms with van der Waals surface area (Å²) < 4.78 is 14.1. The zero-order valence-corrected chi connectivity index (χ0v) is 21.4. The molecule has 6 nitrogen and oxygen atoms in total. The number of rotatable bonds is 6. The van der Waals surface area contributed by atoms with Crippen LogP contribution in [-0.4, -0.2) is 29.0 Å². The molecule has 7 heteroatoms. The van der Waals surface area contributed by atoms with Crippen molar-refractivity contribution in [3.05, 3.63) is 93.8 Å². The highest BCUT2D eigenvalue weighted by atomic mass is 31.2. The maximum absolute atomic E-state index is 13.4. The minimum Gasteiger partial charge on any atom is -0.478 e. The molecule has 0 radical (unpaired) electrons. The normalized spacial score (nSPS) is 12.5. The smallest absolute Gasteiger partial charge is 0.337 e. The highest BCUT2D eigenvalue weighted by Crippen LogP contribution is 2.35. The Balaban J connectivity index is 1.86. The van der Waals surface area contributed by atoms with Gasteiger partial charge in [0, 0.05) is 29.5 Å². The predicted molar refractivity (Wildman–Crippen MR) is 144 cm³/mol. The first-order valence-electron chi connectivity index (χ1n) is 11.4. The van der Waals surface area contributed by atoms with E-state index in [0.29, 0.717) is 11.1 Å². The van der Waals surface area contributed by atoms with Crippen molar-refractivity contribution in [3.8, 4) is 11.3 Å². The summed E-state index contributed by atoms with van der Waals surface area (Å²) in [7, 11) is -0.627.